The molecule has 1 nitrogen and oxygen atoms in total. The molecule has 0 bridgehead atoms. The summed E-state index contributed by atoms with van der Waals surface area (Å²) in [5.41, 5.74) is 4.72. The molecule has 2 aliphatic rings. The normalized spacial score (nSPS) is 25.9. The average Bonchev–Trinajstić information content (AvgIpc) is 2.39. The van der Waals surface area contributed by atoms with Crippen LogP contribution in [0.2, 0.25) is 0 Å². The summed E-state index contributed by atoms with van der Waals surface area (Å²) in [5.74, 6) is 0. The Morgan fingerprint density at radius 3 is 2.29 bits per heavy atom. The van der Waals surface area contributed by atoms with Crippen LogP contribution in [0.15, 0.2) is 29.8 Å². The summed E-state index contributed by atoms with van der Waals surface area (Å²) in [4.78, 5) is 2.68. The molecule has 1 aliphatic carbocycles. The van der Waals surface area contributed by atoms with Gasteiger partial charge in [-0.05, 0) is 55.3 Å². The van der Waals surface area contributed by atoms with Gasteiger partial charge in [0.25, 0.3) is 0 Å². The van der Waals surface area contributed by atoms with E-state index in [0.717, 1.165) is 6.04 Å². The highest BCUT2D eigenvalue weighted by atomic mass is 15.2. The fourth-order valence-electron chi connectivity index (χ4n) is 3.55. The summed E-state index contributed by atoms with van der Waals surface area (Å²) in [7, 11) is 0. The maximum Gasteiger partial charge on any atom is 0.0310 e. The molecule has 1 unspecified atom stereocenters. The molecule has 1 heterocycles. The van der Waals surface area contributed by atoms with Crippen molar-refractivity contribution in [1.29, 1.82) is 0 Å². The predicted octanol–water partition coefficient (Wildman–Crippen LogP) is 5.02. The van der Waals surface area contributed by atoms with Gasteiger partial charge in [-0.3, -0.25) is 4.90 Å². The van der Waals surface area contributed by atoms with Crippen molar-refractivity contribution in [2.45, 2.75) is 64.3 Å². The molecule has 0 radical (unpaired) electrons. The van der Waals surface area contributed by atoms with Crippen molar-refractivity contribution in [2.24, 2.45) is 0 Å². The molecule has 3 rings (SSSR count). The summed E-state index contributed by atoms with van der Waals surface area (Å²) < 4.78 is 0. The molecule has 1 saturated carbocycles. The first-order valence-electron chi connectivity index (χ1n) is 8.59. The Bertz CT molecular complexity index is 500. The lowest BCUT2D eigenvalue weighted by Gasteiger charge is -2.42. The van der Waals surface area contributed by atoms with Gasteiger partial charge in [-0.25, -0.2) is 0 Å². The Labute approximate surface area is 130 Å². The van der Waals surface area contributed by atoms with Gasteiger partial charge in [0.05, 0.1) is 0 Å². The largest absolute Gasteiger partial charge is 0.297 e. The number of hydrogen-bond donors (Lipinski definition) is 0. The Morgan fingerprint density at radius 1 is 1.00 bits per heavy atom. The Balaban J connectivity index is 1.78. The molecule has 2 fully saturated rings. The number of likely N-dealkylation sites (tertiary alicyclic amines) is 1. The standard InChI is InChI=1S/C20H29N/c1-20(2,3)18-11-9-16(10-12-18)15-17-7-4-5-8-19(17)21-13-6-14-21/h9-12,15,19H,4-8,13-14H2,1-3H3/b17-15+. The minimum absolute atomic E-state index is 0.247. The summed E-state index contributed by atoms with van der Waals surface area (Å²) in [5, 5.41) is 0. The van der Waals surface area contributed by atoms with Crippen LogP contribution in [0, 0.1) is 0 Å². The van der Waals surface area contributed by atoms with Crippen molar-refractivity contribution in [3.05, 3.63) is 41.0 Å². The zero-order chi connectivity index (χ0) is 14.9. The minimum Gasteiger partial charge on any atom is -0.297 e. The highest BCUT2D eigenvalue weighted by Crippen LogP contribution is 2.32. The molecular formula is C20H29N. The van der Waals surface area contributed by atoms with Crippen LogP contribution in [0.5, 0.6) is 0 Å². The Kier molecular flexibility index (Phi) is 4.21. The Hall–Kier alpha value is -1.08. The monoisotopic (exact) mass is 283 g/mol. The number of hydrogen-bond acceptors (Lipinski definition) is 1. The van der Waals surface area contributed by atoms with Crippen molar-refractivity contribution in [3.8, 4) is 0 Å². The fraction of sp³-hybridized carbons (Fsp3) is 0.600. The van der Waals surface area contributed by atoms with Crippen LogP contribution in [-0.2, 0) is 5.41 Å². The number of rotatable bonds is 2. The van der Waals surface area contributed by atoms with Gasteiger partial charge >= 0.3 is 0 Å². The van der Waals surface area contributed by atoms with Crippen molar-refractivity contribution in [2.75, 3.05) is 13.1 Å². The van der Waals surface area contributed by atoms with E-state index >= 15 is 0 Å². The lowest BCUT2D eigenvalue weighted by atomic mass is 9.85. The van der Waals surface area contributed by atoms with Gasteiger partial charge in [0.15, 0.2) is 0 Å². The van der Waals surface area contributed by atoms with Crippen LogP contribution in [0.1, 0.15) is 64.0 Å². The van der Waals surface area contributed by atoms with Gasteiger partial charge in [-0.1, -0.05) is 63.1 Å². The van der Waals surface area contributed by atoms with Crippen LogP contribution in [0.25, 0.3) is 6.08 Å². The maximum atomic E-state index is 2.68. The van der Waals surface area contributed by atoms with Crippen LogP contribution in [0.4, 0.5) is 0 Å². The molecule has 1 aromatic rings. The van der Waals surface area contributed by atoms with Gasteiger partial charge in [0.2, 0.25) is 0 Å². The zero-order valence-electron chi connectivity index (χ0n) is 13.9. The fourth-order valence-corrected chi connectivity index (χ4v) is 3.55. The van der Waals surface area contributed by atoms with E-state index in [1.807, 2.05) is 0 Å². The second-order valence-corrected chi connectivity index (χ2v) is 7.74. The maximum absolute atomic E-state index is 2.68. The van der Waals surface area contributed by atoms with Crippen LogP contribution >= 0.6 is 0 Å². The third kappa shape index (κ3) is 3.40. The van der Waals surface area contributed by atoms with Crippen molar-refractivity contribution in [1.82, 2.24) is 4.90 Å². The van der Waals surface area contributed by atoms with E-state index < -0.39 is 0 Å². The molecule has 21 heavy (non-hydrogen) atoms. The van der Waals surface area contributed by atoms with Gasteiger partial charge in [-0.15, -0.1) is 0 Å². The smallest absolute Gasteiger partial charge is 0.0310 e. The molecule has 1 atom stereocenters. The molecule has 0 amide bonds. The van der Waals surface area contributed by atoms with E-state index in [1.54, 1.807) is 5.57 Å². The third-order valence-corrected chi connectivity index (χ3v) is 5.08. The van der Waals surface area contributed by atoms with Crippen LogP contribution < -0.4 is 0 Å². The second-order valence-electron chi connectivity index (χ2n) is 7.74. The average molecular weight is 283 g/mol. The first-order chi connectivity index (χ1) is 10.0. The van der Waals surface area contributed by atoms with E-state index in [9.17, 15) is 0 Å². The Morgan fingerprint density at radius 2 is 1.71 bits per heavy atom. The lowest BCUT2D eigenvalue weighted by Crippen LogP contribution is -2.46. The molecule has 1 saturated heterocycles. The molecule has 1 aliphatic heterocycles. The highest BCUT2D eigenvalue weighted by Gasteiger charge is 2.28. The summed E-state index contributed by atoms with van der Waals surface area (Å²) >= 11 is 0. The lowest BCUT2D eigenvalue weighted by molar-refractivity contribution is 0.121. The van der Waals surface area contributed by atoms with Gasteiger partial charge in [-0.2, -0.15) is 0 Å². The summed E-state index contributed by atoms with van der Waals surface area (Å²) in [6, 6.07) is 9.93. The van der Waals surface area contributed by atoms with Gasteiger partial charge in [0, 0.05) is 6.04 Å². The van der Waals surface area contributed by atoms with Crippen LogP contribution in [0.3, 0.4) is 0 Å². The molecular weight excluding hydrogens is 254 g/mol. The molecule has 114 valence electrons. The second kappa shape index (κ2) is 5.96. The summed E-state index contributed by atoms with van der Waals surface area (Å²) in [6.45, 7) is 9.46. The molecule has 0 aromatic heterocycles. The zero-order valence-corrected chi connectivity index (χ0v) is 13.9. The van der Waals surface area contributed by atoms with E-state index in [2.05, 4.69) is 56.0 Å². The van der Waals surface area contributed by atoms with E-state index in [0.29, 0.717) is 0 Å². The van der Waals surface area contributed by atoms with Crippen molar-refractivity contribution >= 4 is 6.08 Å². The predicted molar refractivity (Wildman–Crippen MR) is 91.6 cm³/mol. The van der Waals surface area contributed by atoms with E-state index in [-0.39, 0.29) is 5.41 Å². The molecule has 0 N–H and O–H groups in total. The number of benzene rings is 1. The van der Waals surface area contributed by atoms with Gasteiger partial charge in [0.1, 0.15) is 0 Å². The molecule has 1 heteroatoms. The molecule has 1 aromatic carbocycles. The van der Waals surface area contributed by atoms with Gasteiger partial charge < -0.3 is 0 Å². The highest BCUT2D eigenvalue weighted by molar-refractivity contribution is 5.55. The topological polar surface area (TPSA) is 3.24 Å². The SMILES string of the molecule is CC(C)(C)c1ccc(/C=C2\CCCCC2N2CCC2)cc1. The van der Waals surface area contributed by atoms with E-state index in [1.165, 1.54) is 56.3 Å². The summed E-state index contributed by atoms with van der Waals surface area (Å²) in [6.07, 6.45) is 9.30. The van der Waals surface area contributed by atoms with Crippen molar-refractivity contribution in [3.63, 3.8) is 0 Å². The van der Waals surface area contributed by atoms with E-state index in [4.69, 9.17) is 0 Å². The first-order valence-corrected chi connectivity index (χ1v) is 8.59. The third-order valence-electron chi connectivity index (χ3n) is 5.08. The molecule has 0 spiro atoms. The minimum atomic E-state index is 0.247. The number of nitrogens with zero attached hydrogens (tertiary/aromatic N) is 1. The van der Waals surface area contributed by atoms with Crippen molar-refractivity contribution < 1.29 is 0 Å². The first kappa shape index (κ1) is 14.8. The van der Waals surface area contributed by atoms with Crippen LogP contribution in [-0.4, -0.2) is 24.0 Å². The quantitative estimate of drug-likeness (QED) is 0.737.